The summed E-state index contributed by atoms with van der Waals surface area (Å²) >= 11 is 0. The first-order valence-electron chi connectivity index (χ1n) is 10.5. The number of nitrogens with zero attached hydrogens (tertiary/aromatic N) is 2. The molecule has 0 spiro atoms. The number of aromatic nitrogens is 2. The van der Waals surface area contributed by atoms with Gasteiger partial charge in [0.25, 0.3) is 5.91 Å². The first-order chi connectivity index (χ1) is 16.1. The van der Waals surface area contributed by atoms with E-state index in [1.54, 1.807) is 49.2 Å². The molecule has 0 unspecified atom stereocenters. The Morgan fingerprint density at radius 1 is 0.970 bits per heavy atom. The summed E-state index contributed by atoms with van der Waals surface area (Å²) in [4.78, 5) is 25.4. The van der Waals surface area contributed by atoms with Gasteiger partial charge in [0.1, 0.15) is 11.4 Å². The second kappa shape index (κ2) is 9.82. The topological polar surface area (TPSA) is 82.5 Å². The fraction of sp³-hybridized carbons (Fsp3) is 0.115. The van der Waals surface area contributed by atoms with Crippen LogP contribution in [-0.2, 0) is 4.74 Å². The lowest BCUT2D eigenvalue weighted by Crippen LogP contribution is -2.13. The maximum Gasteiger partial charge on any atom is 0.338 e. The molecule has 0 aliphatic rings. The Balaban J connectivity index is 1.73. The Labute approximate surface area is 191 Å². The van der Waals surface area contributed by atoms with E-state index in [0.717, 1.165) is 5.69 Å². The van der Waals surface area contributed by atoms with E-state index in [9.17, 15) is 9.59 Å². The van der Waals surface area contributed by atoms with Gasteiger partial charge < -0.3 is 14.8 Å². The third-order valence-electron chi connectivity index (χ3n) is 4.97. The zero-order valence-electron chi connectivity index (χ0n) is 18.3. The SMILES string of the molecule is CCOC(=O)c1cccc(NC(=O)c2cn(-c3ccccc3)nc2-c2ccccc2OC)c1. The lowest BCUT2D eigenvalue weighted by Gasteiger charge is -2.09. The summed E-state index contributed by atoms with van der Waals surface area (Å²) in [5.41, 5.74) is 3.20. The van der Waals surface area contributed by atoms with Gasteiger partial charge in [0.2, 0.25) is 0 Å². The van der Waals surface area contributed by atoms with Crippen LogP contribution in [0.25, 0.3) is 16.9 Å². The van der Waals surface area contributed by atoms with E-state index in [-0.39, 0.29) is 12.5 Å². The van der Waals surface area contributed by atoms with Crippen LogP contribution in [0.3, 0.4) is 0 Å². The van der Waals surface area contributed by atoms with Gasteiger partial charge in [-0.05, 0) is 49.4 Å². The molecular formula is C26H23N3O4. The van der Waals surface area contributed by atoms with Gasteiger partial charge in [-0.1, -0.05) is 36.4 Å². The van der Waals surface area contributed by atoms with Gasteiger partial charge in [0.05, 0.1) is 30.5 Å². The molecule has 0 atom stereocenters. The Morgan fingerprint density at radius 3 is 2.48 bits per heavy atom. The molecule has 3 aromatic carbocycles. The van der Waals surface area contributed by atoms with Gasteiger partial charge in [0, 0.05) is 17.4 Å². The minimum atomic E-state index is -0.444. The quantitative estimate of drug-likeness (QED) is 0.409. The van der Waals surface area contributed by atoms with E-state index >= 15 is 0 Å². The van der Waals surface area contributed by atoms with Crippen LogP contribution in [0.2, 0.25) is 0 Å². The molecule has 7 nitrogen and oxygen atoms in total. The number of hydrogen-bond acceptors (Lipinski definition) is 5. The highest BCUT2D eigenvalue weighted by Gasteiger charge is 2.21. The molecule has 0 saturated heterocycles. The molecule has 0 bridgehead atoms. The predicted molar refractivity (Wildman–Crippen MR) is 126 cm³/mol. The van der Waals surface area contributed by atoms with Crippen molar-refractivity contribution < 1.29 is 19.1 Å². The van der Waals surface area contributed by atoms with Crippen molar-refractivity contribution in [3.8, 4) is 22.7 Å². The van der Waals surface area contributed by atoms with Crippen molar-refractivity contribution in [2.75, 3.05) is 19.0 Å². The van der Waals surface area contributed by atoms with Crippen LogP contribution in [0.1, 0.15) is 27.6 Å². The fourth-order valence-electron chi connectivity index (χ4n) is 3.43. The van der Waals surface area contributed by atoms with Crippen molar-refractivity contribution >= 4 is 17.6 Å². The molecule has 166 valence electrons. The smallest absolute Gasteiger partial charge is 0.338 e. The van der Waals surface area contributed by atoms with Crippen molar-refractivity contribution in [1.29, 1.82) is 0 Å². The highest BCUT2D eigenvalue weighted by Crippen LogP contribution is 2.32. The number of para-hydroxylation sites is 2. The van der Waals surface area contributed by atoms with E-state index in [1.165, 1.54) is 0 Å². The van der Waals surface area contributed by atoms with Gasteiger partial charge in [-0.15, -0.1) is 0 Å². The highest BCUT2D eigenvalue weighted by molar-refractivity contribution is 6.08. The number of carbonyl (C=O) groups excluding carboxylic acids is 2. The molecule has 1 heterocycles. The second-order valence-corrected chi connectivity index (χ2v) is 7.13. The van der Waals surface area contributed by atoms with Crippen LogP contribution in [0.4, 0.5) is 5.69 Å². The minimum absolute atomic E-state index is 0.274. The van der Waals surface area contributed by atoms with Crippen molar-refractivity contribution in [1.82, 2.24) is 9.78 Å². The zero-order valence-corrected chi connectivity index (χ0v) is 18.3. The summed E-state index contributed by atoms with van der Waals surface area (Å²) in [7, 11) is 1.58. The Bertz CT molecular complexity index is 1280. The van der Waals surface area contributed by atoms with Gasteiger partial charge in [0.15, 0.2) is 0 Å². The number of hydrogen-bond donors (Lipinski definition) is 1. The van der Waals surface area contributed by atoms with Gasteiger partial charge in [-0.25, -0.2) is 9.48 Å². The minimum Gasteiger partial charge on any atom is -0.496 e. The van der Waals surface area contributed by atoms with Gasteiger partial charge in [-0.2, -0.15) is 5.10 Å². The maximum atomic E-state index is 13.3. The second-order valence-electron chi connectivity index (χ2n) is 7.13. The van der Waals surface area contributed by atoms with Crippen molar-refractivity contribution in [2.45, 2.75) is 6.92 Å². The molecule has 1 aromatic heterocycles. The van der Waals surface area contributed by atoms with Gasteiger partial charge >= 0.3 is 5.97 Å². The van der Waals surface area contributed by atoms with Crippen LogP contribution < -0.4 is 10.1 Å². The molecule has 0 radical (unpaired) electrons. The number of nitrogens with one attached hydrogen (secondary N) is 1. The molecule has 0 fully saturated rings. The third kappa shape index (κ3) is 4.77. The Hall–Kier alpha value is -4.39. The number of esters is 1. The molecule has 0 aliphatic heterocycles. The van der Waals surface area contributed by atoms with Crippen LogP contribution in [-0.4, -0.2) is 35.4 Å². The van der Waals surface area contributed by atoms with Crippen LogP contribution in [0.5, 0.6) is 5.75 Å². The van der Waals surface area contributed by atoms with Crippen LogP contribution >= 0.6 is 0 Å². The number of rotatable bonds is 7. The molecular weight excluding hydrogens is 418 g/mol. The van der Waals surface area contributed by atoms with Gasteiger partial charge in [-0.3, -0.25) is 4.79 Å². The van der Waals surface area contributed by atoms with Crippen molar-refractivity contribution in [2.24, 2.45) is 0 Å². The lowest BCUT2D eigenvalue weighted by molar-refractivity contribution is 0.0526. The Morgan fingerprint density at radius 2 is 1.73 bits per heavy atom. The number of benzene rings is 3. The first kappa shape index (κ1) is 21.8. The lowest BCUT2D eigenvalue weighted by atomic mass is 10.1. The van der Waals surface area contributed by atoms with Crippen LogP contribution in [0.15, 0.2) is 85.1 Å². The number of carbonyl (C=O) groups is 2. The average Bonchev–Trinajstić information content (AvgIpc) is 3.30. The normalized spacial score (nSPS) is 10.5. The van der Waals surface area contributed by atoms with E-state index in [4.69, 9.17) is 14.6 Å². The van der Waals surface area contributed by atoms with Crippen molar-refractivity contribution in [3.63, 3.8) is 0 Å². The summed E-state index contributed by atoms with van der Waals surface area (Å²) in [5, 5.41) is 7.56. The number of anilines is 1. The third-order valence-corrected chi connectivity index (χ3v) is 4.97. The molecule has 33 heavy (non-hydrogen) atoms. The molecule has 0 aliphatic carbocycles. The molecule has 1 amide bonds. The monoisotopic (exact) mass is 441 g/mol. The highest BCUT2D eigenvalue weighted by atomic mass is 16.5. The number of methoxy groups -OCH3 is 1. The standard InChI is InChI=1S/C26H23N3O4/c1-3-33-26(31)18-10-9-11-19(16-18)27-25(30)22-17-29(20-12-5-4-6-13-20)28-24(22)21-14-7-8-15-23(21)32-2/h4-17H,3H2,1-2H3,(H,27,30). The number of ether oxygens (including phenoxy) is 2. The predicted octanol–water partition coefficient (Wildman–Crippen LogP) is 4.98. The Kier molecular flexibility index (Phi) is 6.50. The fourth-order valence-corrected chi connectivity index (χ4v) is 3.43. The summed E-state index contributed by atoms with van der Waals surface area (Å²) in [6, 6.07) is 23.6. The van der Waals surface area contributed by atoms with E-state index in [0.29, 0.717) is 33.8 Å². The average molecular weight is 441 g/mol. The summed E-state index contributed by atoms with van der Waals surface area (Å²) in [6.07, 6.45) is 1.68. The number of amides is 1. The van der Waals surface area contributed by atoms with E-state index < -0.39 is 5.97 Å². The zero-order chi connectivity index (χ0) is 23.2. The van der Waals surface area contributed by atoms with Crippen LogP contribution in [0, 0.1) is 0 Å². The molecule has 1 N–H and O–H groups in total. The molecule has 0 saturated carbocycles. The summed E-state index contributed by atoms with van der Waals surface area (Å²) in [6.45, 7) is 2.02. The maximum absolute atomic E-state index is 13.3. The molecule has 4 rings (SSSR count). The van der Waals surface area contributed by atoms with E-state index in [2.05, 4.69) is 5.32 Å². The summed E-state index contributed by atoms with van der Waals surface area (Å²) < 4.78 is 12.2. The first-order valence-corrected chi connectivity index (χ1v) is 10.5. The largest absolute Gasteiger partial charge is 0.496 e. The summed E-state index contributed by atoms with van der Waals surface area (Å²) in [5.74, 6) is -0.200. The molecule has 4 aromatic rings. The van der Waals surface area contributed by atoms with E-state index in [1.807, 2.05) is 54.6 Å². The molecule has 7 heteroatoms. The van der Waals surface area contributed by atoms with Crippen molar-refractivity contribution in [3.05, 3.63) is 96.2 Å².